The first-order valence-corrected chi connectivity index (χ1v) is 6.62. The predicted octanol–water partition coefficient (Wildman–Crippen LogP) is 1.81. The lowest BCUT2D eigenvalue weighted by Crippen LogP contribution is -2.47. The highest BCUT2D eigenvalue weighted by atomic mass is 35.5. The zero-order valence-electron chi connectivity index (χ0n) is 11.7. The molecule has 1 rings (SSSR count). The van der Waals surface area contributed by atoms with Crippen molar-refractivity contribution in [3.8, 4) is 0 Å². The van der Waals surface area contributed by atoms with Gasteiger partial charge in [0.25, 0.3) is 0 Å². The summed E-state index contributed by atoms with van der Waals surface area (Å²) in [5.41, 5.74) is 5.56. The van der Waals surface area contributed by atoms with Gasteiger partial charge in [0, 0.05) is 26.2 Å². The fourth-order valence-electron chi connectivity index (χ4n) is 2.54. The second-order valence-electron chi connectivity index (χ2n) is 5.19. The van der Waals surface area contributed by atoms with Gasteiger partial charge < -0.3 is 15.4 Å². The molecule has 1 amide bonds. The van der Waals surface area contributed by atoms with Gasteiger partial charge in [0.2, 0.25) is 5.91 Å². The lowest BCUT2D eigenvalue weighted by molar-refractivity contribution is -0.138. The average molecular weight is 279 g/mol. The zero-order valence-corrected chi connectivity index (χ0v) is 12.5. The Hall–Kier alpha value is -0.320. The molecule has 0 spiro atoms. The number of methoxy groups -OCH3 is 1. The van der Waals surface area contributed by atoms with Crippen molar-refractivity contribution in [2.45, 2.75) is 51.7 Å². The summed E-state index contributed by atoms with van der Waals surface area (Å²) in [6.45, 7) is 5.67. The van der Waals surface area contributed by atoms with Gasteiger partial charge in [-0.15, -0.1) is 12.4 Å². The third-order valence-electron chi connectivity index (χ3n) is 3.64. The fraction of sp³-hybridized carbons (Fsp3) is 0.923. The quantitative estimate of drug-likeness (QED) is 0.834. The van der Waals surface area contributed by atoms with Gasteiger partial charge >= 0.3 is 0 Å². The number of hydrogen-bond donors (Lipinski definition) is 1. The SMILES string of the molecule is COC(CN)CC(=O)N1CCCCC1C(C)C.Cl. The number of nitrogens with two attached hydrogens (primary N) is 1. The molecule has 1 saturated heterocycles. The van der Waals surface area contributed by atoms with Gasteiger partial charge in [-0.05, 0) is 25.2 Å². The van der Waals surface area contributed by atoms with E-state index < -0.39 is 0 Å². The molecule has 108 valence electrons. The number of hydrogen-bond acceptors (Lipinski definition) is 3. The predicted molar refractivity (Wildman–Crippen MR) is 75.9 cm³/mol. The molecule has 0 radical (unpaired) electrons. The van der Waals surface area contributed by atoms with Gasteiger partial charge in [-0.2, -0.15) is 0 Å². The molecule has 1 heterocycles. The minimum atomic E-state index is -0.141. The smallest absolute Gasteiger partial charge is 0.225 e. The van der Waals surface area contributed by atoms with E-state index in [0.717, 1.165) is 19.4 Å². The van der Waals surface area contributed by atoms with E-state index in [2.05, 4.69) is 13.8 Å². The van der Waals surface area contributed by atoms with Crippen LogP contribution in [0.3, 0.4) is 0 Å². The van der Waals surface area contributed by atoms with Gasteiger partial charge in [0.15, 0.2) is 0 Å². The highest BCUT2D eigenvalue weighted by Gasteiger charge is 2.29. The third-order valence-corrected chi connectivity index (χ3v) is 3.64. The Morgan fingerprint density at radius 1 is 1.44 bits per heavy atom. The maximum absolute atomic E-state index is 12.2. The number of rotatable bonds is 5. The van der Waals surface area contributed by atoms with E-state index in [1.165, 1.54) is 6.42 Å². The lowest BCUT2D eigenvalue weighted by atomic mass is 9.92. The second-order valence-corrected chi connectivity index (χ2v) is 5.19. The standard InChI is InChI=1S/C13H26N2O2.ClH/c1-10(2)12-6-4-5-7-15(12)13(16)8-11(9-14)17-3;/h10-12H,4-9,14H2,1-3H3;1H. The Kier molecular flexibility index (Phi) is 8.57. The van der Waals surface area contributed by atoms with Crippen LogP contribution in [-0.2, 0) is 9.53 Å². The Labute approximate surface area is 117 Å². The van der Waals surface area contributed by atoms with Crippen molar-refractivity contribution in [1.82, 2.24) is 4.90 Å². The fourth-order valence-corrected chi connectivity index (χ4v) is 2.54. The zero-order chi connectivity index (χ0) is 12.8. The Morgan fingerprint density at radius 2 is 2.11 bits per heavy atom. The monoisotopic (exact) mass is 278 g/mol. The maximum atomic E-state index is 12.2. The number of carbonyl (C=O) groups excluding carboxylic acids is 1. The molecule has 0 aromatic rings. The van der Waals surface area contributed by atoms with Gasteiger partial charge in [-0.1, -0.05) is 13.8 Å². The molecule has 1 aliphatic rings. The number of halogens is 1. The van der Waals surface area contributed by atoms with E-state index in [0.29, 0.717) is 24.9 Å². The van der Waals surface area contributed by atoms with Crippen LogP contribution in [0.2, 0.25) is 0 Å². The molecular formula is C13H27ClN2O2. The van der Waals surface area contributed by atoms with E-state index >= 15 is 0 Å². The number of likely N-dealkylation sites (tertiary alicyclic amines) is 1. The first-order chi connectivity index (χ1) is 8.10. The number of nitrogens with zero attached hydrogens (tertiary/aromatic N) is 1. The second kappa shape index (κ2) is 8.73. The summed E-state index contributed by atoms with van der Waals surface area (Å²) >= 11 is 0. The van der Waals surface area contributed by atoms with Crippen LogP contribution in [0, 0.1) is 5.92 Å². The number of carbonyl (C=O) groups is 1. The summed E-state index contributed by atoms with van der Waals surface area (Å²) in [5, 5.41) is 0. The number of amides is 1. The van der Waals surface area contributed by atoms with Crippen LogP contribution in [0.1, 0.15) is 39.5 Å². The Morgan fingerprint density at radius 3 is 2.61 bits per heavy atom. The molecule has 1 aliphatic heterocycles. The van der Waals surface area contributed by atoms with Crippen molar-refractivity contribution in [2.75, 3.05) is 20.2 Å². The normalized spacial score (nSPS) is 21.6. The molecule has 4 nitrogen and oxygen atoms in total. The van der Waals surface area contributed by atoms with Crippen molar-refractivity contribution in [3.05, 3.63) is 0 Å². The van der Waals surface area contributed by atoms with E-state index in [1.807, 2.05) is 4.90 Å². The first kappa shape index (κ1) is 17.7. The molecule has 5 heteroatoms. The van der Waals surface area contributed by atoms with Crippen LogP contribution in [-0.4, -0.2) is 43.2 Å². The van der Waals surface area contributed by atoms with E-state index in [-0.39, 0.29) is 24.4 Å². The molecule has 0 bridgehead atoms. The van der Waals surface area contributed by atoms with Crippen LogP contribution >= 0.6 is 12.4 Å². The highest BCUT2D eigenvalue weighted by Crippen LogP contribution is 2.24. The summed E-state index contributed by atoms with van der Waals surface area (Å²) < 4.78 is 5.18. The van der Waals surface area contributed by atoms with E-state index in [9.17, 15) is 4.79 Å². The van der Waals surface area contributed by atoms with Crippen LogP contribution in [0.25, 0.3) is 0 Å². The molecule has 1 fully saturated rings. The topological polar surface area (TPSA) is 55.6 Å². The molecule has 0 aromatic carbocycles. The maximum Gasteiger partial charge on any atom is 0.225 e. The lowest BCUT2D eigenvalue weighted by Gasteiger charge is -2.38. The van der Waals surface area contributed by atoms with Gasteiger partial charge in [0.05, 0.1) is 12.5 Å². The first-order valence-electron chi connectivity index (χ1n) is 6.62. The largest absolute Gasteiger partial charge is 0.380 e. The number of piperidine rings is 1. The molecule has 2 unspecified atom stereocenters. The van der Waals surface area contributed by atoms with Crippen LogP contribution in [0.4, 0.5) is 0 Å². The molecule has 2 atom stereocenters. The third kappa shape index (κ3) is 4.75. The molecule has 0 saturated carbocycles. The molecule has 0 aliphatic carbocycles. The highest BCUT2D eigenvalue weighted by molar-refractivity contribution is 5.85. The summed E-state index contributed by atoms with van der Waals surface area (Å²) in [5.74, 6) is 0.721. The van der Waals surface area contributed by atoms with Gasteiger partial charge in [0.1, 0.15) is 0 Å². The van der Waals surface area contributed by atoms with Gasteiger partial charge in [-0.25, -0.2) is 0 Å². The van der Waals surface area contributed by atoms with Crippen molar-refractivity contribution in [1.29, 1.82) is 0 Å². The summed E-state index contributed by atoms with van der Waals surface area (Å²) in [6.07, 6.45) is 3.75. The molecular weight excluding hydrogens is 252 g/mol. The van der Waals surface area contributed by atoms with Crippen LogP contribution in [0.5, 0.6) is 0 Å². The average Bonchev–Trinajstić information content (AvgIpc) is 2.35. The van der Waals surface area contributed by atoms with Crippen molar-refractivity contribution in [3.63, 3.8) is 0 Å². The number of ether oxygens (including phenoxy) is 1. The van der Waals surface area contributed by atoms with Crippen molar-refractivity contribution >= 4 is 18.3 Å². The van der Waals surface area contributed by atoms with E-state index in [1.54, 1.807) is 7.11 Å². The van der Waals surface area contributed by atoms with Gasteiger partial charge in [-0.3, -0.25) is 4.79 Å². The Balaban J connectivity index is 0.00000289. The molecule has 2 N–H and O–H groups in total. The minimum Gasteiger partial charge on any atom is -0.380 e. The van der Waals surface area contributed by atoms with E-state index in [4.69, 9.17) is 10.5 Å². The Bertz CT molecular complexity index is 245. The van der Waals surface area contributed by atoms with Crippen LogP contribution < -0.4 is 5.73 Å². The van der Waals surface area contributed by atoms with Crippen LogP contribution in [0.15, 0.2) is 0 Å². The summed E-state index contributed by atoms with van der Waals surface area (Å²) in [6, 6.07) is 0.395. The van der Waals surface area contributed by atoms with Crippen molar-refractivity contribution in [2.24, 2.45) is 11.7 Å². The molecule has 18 heavy (non-hydrogen) atoms. The molecule has 0 aromatic heterocycles. The summed E-state index contributed by atoms with van der Waals surface area (Å²) in [4.78, 5) is 14.3. The van der Waals surface area contributed by atoms with Crippen molar-refractivity contribution < 1.29 is 9.53 Å². The summed E-state index contributed by atoms with van der Waals surface area (Å²) in [7, 11) is 1.61. The minimum absolute atomic E-state index is 0.